The van der Waals surface area contributed by atoms with Crippen LogP contribution < -0.4 is 10.6 Å². The van der Waals surface area contributed by atoms with Crippen molar-refractivity contribution in [1.82, 2.24) is 20.5 Å². The van der Waals surface area contributed by atoms with Crippen LogP contribution in [0, 0.1) is 0 Å². The molecule has 2 N–H and O–H groups in total. The second kappa shape index (κ2) is 12.1. The first-order chi connectivity index (χ1) is 11.6. The Bertz CT molecular complexity index is 517. The number of hydrogen-bond acceptors (Lipinski definition) is 4. The second-order valence-electron chi connectivity index (χ2n) is 6.82. The number of aliphatic imine (C=N–C) groups is 1. The molecule has 1 aromatic heterocycles. The van der Waals surface area contributed by atoms with Gasteiger partial charge in [0, 0.05) is 31.1 Å². The Morgan fingerprint density at radius 3 is 2.84 bits per heavy atom. The fourth-order valence-corrected chi connectivity index (χ4v) is 3.84. The smallest absolute Gasteiger partial charge is 0.191 e. The van der Waals surface area contributed by atoms with Gasteiger partial charge in [-0.1, -0.05) is 20.3 Å². The van der Waals surface area contributed by atoms with Crippen molar-refractivity contribution in [3.8, 4) is 0 Å². The highest BCUT2D eigenvalue weighted by Gasteiger charge is 2.17. The summed E-state index contributed by atoms with van der Waals surface area (Å²) in [6.07, 6.45) is 4.04. The van der Waals surface area contributed by atoms with Crippen LogP contribution in [0.15, 0.2) is 10.4 Å². The van der Waals surface area contributed by atoms with Crippen LogP contribution in [0.25, 0.3) is 0 Å². The maximum absolute atomic E-state index is 4.68. The average Bonchev–Trinajstić information content (AvgIpc) is 3.03. The van der Waals surface area contributed by atoms with Gasteiger partial charge in [0.15, 0.2) is 5.96 Å². The summed E-state index contributed by atoms with van der Waals surface area (Å²) in [5.41, 5.74) is 1.17. The topological polar surface area (TPSA) is 52.6 Å². The third kappa shape index (κ3) is 7.78. The molecule has 25 heavy (non-hydrogen) atoms. The Morgan fingerprint density at radius 2 is 2.20 bits per heavy atom. The number of thiazole rings is 1. The van der Waals surface area contributed by atoms with Gasteiger partial charge in [-0.2, -0.15) is 0 Å². The van der Waals surface area contributed by atoms with Gasteiger partial charge in [-0.3, -0.25) is 4.90 Å². The normalized spacial score (nSPS) is 18.9. The number of likely N-dealkylation sites (tertiary alicyclic amines) is 1. The van der Waals surface area contributed by atoms with Crippen molar-refractivity contribution in [2.24, 2.45) is 4.99 Å². The Kier molecular flexibility index (Phi) is 10.9. The van der Waals surface area contributed by atoms with E-state index in [9.17, 15) is 0 Å². The summed E-state index contributed by atoms with van der Waals surface area (Å²) in [5, 5.41) is 10.0. The van der Waals surface area contributed by atoms with Crippen molar-refractivity contribution in [2.75, 3.05) is 26.2 Å². The van der Waals surface area contributed by atoms with Crippen LogP contribution in [0.4, 0.5) is 0 Å². The van der Waals surface area contributed by atoms with Gasteiger partial charge in [0.2, 0.25) is 0 Å². The molecule has 2 rings (SSSR count). The molecule has 0 aliphatic carbocycles. The molecule has 1 aliphatic heterocycles. The number of rotatable bonds is 7. The molecule has 1 saturated heterocycles. The van der Waals surface area contributed by atoms with Crippen molar-refractivity contribution in [3.05, 3.63) is 16.1 Å². The van der Waals surface area contributed by atoms with Crippen LogP contribution in [0.3, 0.4) is 0 Å². The lowest BCUT2D eigenvalue weighted by Crippen LogP contribution is -2.45. The van der Waals surface area contributed by atoms with E-state index in [1.165, 1.54) is 31.5 Å². The fraction of sp³-hybridized carbons (Fsp3) is 0.778. The summed E-state index contributed by atoms with van der Waals surface area (Å²) in [5.74, 6) is 1.38. The van der Waals surface area contributed by atoms with E-state index >= 15 is 0 Å². The third-order valence-corrected chi connectivity index (χ3v) is 5.36. The fourth-order valence-electron chi connectivity index (χ4n) is 2.96. The molecule has 0 aromatic carbocycles. The molecule has 1 atom stereocenters. The largest absolute Gasteiger partial charge is 0.357 e. The van der Waals surface area contributed by atoms with Crippen LogP contribution in [0.1, 0.15) is 63.6 Å². The molecule has 0 bridgehead atoms. The van der Waals surface area contributed by atoms with Crippen molar-refractivity contribution in [3.63, 3.8) is 0 Å². The minimum atomic E-state index is 0. The van der Waals surface area contributed by atoms with Gasteiger partial charge in [0.1, 0.15) is 5.01 Å². The highest BCUT2D eigenvalue weighted by molar-refractivity contribution is 14.0. The van der Waals surface area contributed by atoms with Crippen molar-refractivity contribution in [2.45, 2.75) is 65.5 Å². The molecule has 0 spiro atoms. The molecule has 0 saturated carbocycles. The van der Waals surface area contributed by atoms with E-state index in [-0.39, 0.29) is 24.0 Å². The van der Waals surface area contributed by atoms with E-state index < -0.39 is 0 Å². The van der Waals surface area contributed by atoms with Gasteiger partial charge in [0.25, 0.3) is 0 Å². The number of guanidine groups is 1. The molecule has 1 unspecified atom stereocenters. The number of halogens is 1. The lowest BCUT2D eigenvalue weighted by Gasteiger charge is -2.33. The summed E-state index contributed by atoms with van der Waals surface area (Å²) in [4.78, 5) is 11.9. The molecule has 0 amide bonds. The minimum absolute atomic E-state index is 0. The molecule has 7 heteroatoms. The first-order valence-corrected chi connectivity index (χ1v) is 10.2. The first-order valence-electron chi connectivity index (χ1n) is 9.30. The Hall–Kier alpha value is -0.410. The number of nitrogens with one attached hydrogen (secondary N) is 2. The van der Waals surface area contributed by atoms with Crippen molar-refractivity contribution in [1.29, 1.82) is 0 Å². The predicted molar refractivity (Wildman–Crippen MR) is 119 cm³/mol. The number of nitrogens with zero attached hydrogens (tertiary/aromatic N) is 3. The number of piperidine rings is 1. The van der Waals surface area contributed by atoms with E-state index in [1.54, 1.807) is 11.3 Å². The van der Waals surface area contributed by atoms with Crippen LogP contribution in [-0.4, -0.2) is 48.1 Å². The Morgan fingerprint density at radius 1 is 1.40 bits per heavy atom. The SMILES string of the molecule is CCNC(=NCc1nc(C(C)C)cs1)NCCN1CCCCC1C.I. The van der Waals surface area contributed by atoms with E-state index in [0.29, 0.717) is 18.5 Å². The monoisotopic (exact) mass is 479 g/mol. The van der Waals surface area contributed by atoms with Gasteiger partial charge in [-0.15, -0.1) is 35.3 Å². The zero-order valence-electron chi connectivity index (χ0n) is 16.0. The van der Waals surface area contributed by atoms with Crippen LogP contribution in [-0.2, 0) is 6.54 Å². The molecule has 0 radical (unpaired) electrons. The zero-order valence-corrected chi connectivity index (χ0v) is 19.2. The zero-order chi connectivity index (χ0) is 17.4. The molecule has 1 aliphatic rings. The highest BCUT2D eigenvalue weighted by Crippen LogP contribution is 2.18. The summed E-state index contributed by atoms with van der Waals surface area (Å²) in [6.45, 7) is 13.6. The summed E-state index contributed by atoms with van der Waals surface area (Å²) in [7, 11) is 0. The van der Waals surface area contributed by atoms with Gasteiger partial charge < -0.3 is 10.6 Å². The van der Waals surface area contributed by atoms with E-state index in [4.69, 9.17) is 0 Å². The maximum Gasteiger partial charge on any atom is 0.191 e. The maximum atomic E-state index is 4.68. The average molecular weight is 479 g/mol. The summed E-state index contributed by atoms with van der Waals surface area (Å²) >= 11 is 1.70. The Labute approximate surface area is 174 Å². The van der Waals surface area contributed by atoms with Gasteiger partial charge in [0.05, 0.1) is 12.2 Å². The standard InChI is InChI=1S/C18H33N5S.HI/c1-5-19-18(20-9-11-23-10-7-6-8-15(23)4)21-12-17-22-16(13-24-17)14(2)3;/h13-15H,5-12H2,1-4H3,(H2,19,20,21);1H. The molecular weight excluding hydrogens is 445 g/mol. The van der Waals surface area contributed by atoms with Crippen molar-refractivity contribution >= 4 is 41.3 Å². The molecule has 144 valence electrons. The van der Waals surface area contributed by atoms with E-state index in [1.807, 2.05) is 0 Å². The van der Waals surface area contributed by atoms with Crippen LogP contribution >= 0.6 is 35.3 Å². The molecule has 1 aromatic rings. The molecule has 2 heterocycles. The van der Waals surface area contributed by atoms with E-state index in [2.05, 4.69) is 58.6 Å². The van der Waals surface area contributed by atoms with E-state index in [0.717, 1.165) is 30.6 Å². The van der Waals surface area contributed by atoms with Gasteiger partial charge >= 0.3 is 0 Å². The highest BCUT2D eigenvalue weighted by atomic mass is 127. The predicted octanol–water partition coefficient (Wildman–Crippen LogP) is 3.81. The van der Waals surface area contributed by atoms with Gasteiger partial charge in [-0.05, 0) is 39.2 Å². The first kappa shape index (κ1) is 22.6. The quantitative estimate of drug-likeness (QED) is 0.355. The Balaban J connectivity index is 0.00000312. The van der Waals surface area contributed by atoms with Crippen LogP contribution in [0.5, 0.6) is 0 Å². The molecular formula is C18H34IN5S. The number of hydrogen-bond donors (Lipinski definition) is 2. The molecule has 5 nitrogen and oxygen atoms in total. The minimum Gasteiger partial charge on any atom is -0.357 e. The summed E-state index contributed by atoms with van der Waals surface area (Å²) < 4.78 is 0. The van der Waals surface area contributed by atoms with Crippen LogP contribution in [0.2, 0.25) is 0 Å². The lowest BCUT2D eigenvalue weighted by atomic mass is 10.0. The summed E-state index contributed by atoms with van der Waals surface area (Å²) in [6, 6.07) is 0.713. The second-order valence-corrected chi connectivity index (χ2v) is 7.77. The molecule has 1 fully saturated rings. The number of aromatic nitrogens is 1. The lowest BCUT2D eigenvalue weighted by molar-refractivity contribution is 0.163. The third-order valence-electron chi connectivity index (χ3n) is 4.51. The van der Waals surface area contributed by atoms with Gasteiger partial charge in [-0.25, -0.2) is 9.98 Å². The van der Waals surface area contributed by atoms with Crippen molar-refractivity contribution < 1.29 is 0 Å².